The number of nitrogens with one attached hydrogen (secondary N) is 1. The molecule has 0 aliphatic carbocycles. The number of aliphatic hydroxyl groups is 1. The van der Waals surface area contributed by atoms with Crippen LogP contribution in [0.4, 0.5) is 0 Å². The van der Waals surface area contributed by atoms with E-state index in [1.807, 2.05) is 0 Å². The fourth-order valence-electron chi connectivity index (χ4n) is 3.79. The first-order valence-electron chi connectivity index (χ1n) is 16.3. The summed E-state index contributed by atoms with van der Waals surface area (Å²) >= 11 is 0. The van der Waals surface area contributed by atoms with Gasteiger partial charge in [0.1, 0.15) is 12.7 Å². The molecular formula is C34H58NO8P. The molecule has 1 amide bonds. The van der Waals surface area contributed by atoms with Gasteiger partial charge in [-0.05, 0) is 51.4 Å². The maximum Gasteiger partial charge on any atom is 0.472 e. The van der Waals surface area contributed by atoms with Crippen molar-refractivity contribution in [3.05, 3.63) is 60.8 Å². The monoisotopic (exact) mass is 639 g/mol. The first-order chi connectivity index (χ1) is 21.3. The van der Waals surface area contributed by atoms with Crippen LogP contribution in [0.1, 0.15) is 110 Å². The number of phosphoric acid groups is 1. The van der Waals surface area contributed by atoms with Crippen molar-refractivity contribution in [1.29, 1.82) is 0 Å². The number of phosphoric ester groups is 1. The van der Waals surface area contributed by atoms with Crippen LogP contribution in [0, 0.1) is 0 Å². The quantitative estimate of drug-likeness (QED) is 0.0327. The lowest BCUT2D eigenvalue weighted by molar-refractivity contribution is -0.147. The molecule has 10 heteroatoms. The predicted octanol–water partition coefficient (Wildman–Crippen LogP) is 7.81. The third kappa shape index (κ3) is 31.1. The second-order valence-electron chi connectivity index (χ2n) is 10.4. The number of esters is 1. The molecule has 0 aliphatic rings. The van der Waals surface area contributed by atoms with Crippen LogP contribution in [-0.4, -0.2) is 54.3 Å². The lowest BCUT2D eigenvalue weighted by Crippen LogP contribution is -2.26. The van der Waals surface area contributed by atoms with E-state index in [9.17, 15) is 24.2 Å². The summed E-state index contributed by atoms with van der Waals surface area (Å²) < 4.78 is 26.2. The smallest absolute Gasteiger partial charge is 0.463 e. The molecule has 0 fully saturated rings. The van der Waals surface area contributed by atoms with Crippen LogP contribution in [-0.2, 0) is 27.9 Å². The zero-order valence-electron chi connectivity index (χ0n) is 27.1. The summed E-state index contributed by atoms with van der Waals surface area (Å²) in [5, 5.41) is 12.3. The number of aliphatic hydroxyl groups excluding tert-OH is 1. The molecule has 2 unspecified atom stereocenters. The first-order valence-corrected chi connectivity index (χ1v) is 17.8. The number of carbonyl (C=O) groups excluding carboxylic acids is 2. The largest absolute Gasteiger partial charge is 0.472 e. The number of unbranched alkanes of at least 4 members (excludes halogenated alkanes) is 7. The molecule has 0 heterocycles. The zero-order valence-corrected chi connectivity index (χ0v) is 28.0. The summed E-state index contributed by atoms with van der Waals surface area (Å²) in [7, 11) is -4.38. The topological polar surface area (TPSA) is 131 Å². The lowest BCUT2D eigenvalue weighted by atomic mass is 10.1. The third-order valence-corrected chi connectivity index (χ3v) is 7.26. The van der Waals surface area contributed by atoms with Crippen molar-refractivity contribution in [2.45, 2.75) is 116 Å². The molecule has 0 aromatic carbocycles. The van der Waals surface area contributed by atoms with Crippen LogP contribution in [0.5, 0.6) is 0 Å². The van der Waals surface area contributed by atoms with E-state index in [2.05, 4.69) is 73.0 Å². The van der Waals surface area contributed by atoms with Crippen molar-refractivity contribution in [2.24, 2.45) is 0 Å². The molecule has 0 radical (unpaired) electrons. The van der Waals surface area contributed by atoms with Crippen LogP contribution in [0.25, 0.3) is 0 Å². The standard InChI is InChI=1S/C34H58NO8P/c1-3-5-6-7-8-9-10-11-12-13-14-15-16-17-18-19-20-21-22-23-24-25-26-27-34(38)41-30-32(36)31-43-44(39,40)42-29-28-35-33(37)4-2/h5-6,8-9,11-12,14-15,17-18,32,36H,3-4,7,10,13,16,19-31H2,1-2H3,(H,35,37)(H,39,40)/b6-5-,9-8-,12-11-,15-14-,18-17-. The van der Waals surface area contributed by atoms with Crippen molar-refractivity contribution in [3.8, 4) is 0 Å². The summed E-state index contributed by atoms with van der Waals surface area (Å²) in [5.41, 5.74) is 0. The van der Waals surface area contributed by atoms with E-state index in [1.165, 1.54) is 19.3 Å². The first kappa shape index (κ1) is 41.7. The Labute approximate surface area is 266 Å². The Hall–Kier alpha value is -2.29. The van der Waals surface area contributed by atoms with Gasteiger partial charge < -0.3 is 20.1 Å². The summed E-state index contributed by atoms with van der Waals surface area (Å²) in [6.07, 6.45) is 35.1. The Kier molecular flexibility index (Phi) is 29.1. The molecule has 0 aromatic rings. The average molecular weight is 640 g/mol. The third-order valence-electron chi connectivity index (χ3n) is 6.28. The number of ether oxygens (including phenoxy) is 1. The Morgan fingerprint density at radius 3 is 1.82 bits per heavy atom. The molecule has 0 rings (SSSR count). The van der Waals surface area contributed by atoms with Crippen molar-refractivity contribution in [1.82, 2.24) is 5.32 Å². The van der Waals surface area contributed by atoms with Crippen LogP contribution in [0.15, 0.2) is 60.8 Å². The maximum atomic E-state index is 11.9. The van der Waals surface area contributed by atoms with Crippen molar-refractivity contribution in [2.75, 3.05) is 26.4 Å². The van der Waals surface area contributed by atoms with Gasteiger partial charge in [0.2, 0.25) is 5.91 Å². The Morgan fingerprint density at radius 1 is 0.727 bits per heavy atom. The molecule has 3 N–H and O–H groups in total. The molecule has 0 aliphatic heterocycles. The van der Waals surface area contributed by atoms with E-state index >= 15 is 0 Å². The summed E-state index contributed by atoms with van der Waals surface area (Å²) in [6.45, 7) is 2.83. The van der Waals surface area contributed by atoms with Crippen molar-refractivity contribution < 1.29 is 37.9 Å². The second kappa shape index (κ2) is 30.7. The van der Waals surface area contributed by atoms with Crippen LogP contribution in [0.3, 0.4) is 0 Å². The number of rotatable bonds is 29. The number of carbonyl (C=O) groups is 2. The van der Waals surface area contributed by atoms with Gasteiger partial charge in [-0.3, -0.25) is 18.6 Å². The van der Waals surface area contributed by atoms with E-state index in [0.717, 1.165) is 64.2 Å². The number of hydrogen-bond donors (Lipinski definition) is 3. The molecule has 2 atom stereocenters. The number of allylic oxidation sites excluding steroid dienone is 10. The summed E-state index contributed by atoms with van der Waals surface area (Å²) in [4.78, 5) is 32.5. The highest BCUT2D eigenvalue weighted by atomic mass is 31.2. The molecule has 0 aromatic heterocycles. The minimum absolute atomic E-state index is 0.0621. The summed E-state index contributed by atoms with van der Waals surface area (Å²) in [5.74, 6) is -0.625. The molecule has 0 saturated carbocycles. The van der Waals surface area contributed by atoms with E-state index in [0.29, 0.717) is 6.42 Å². The van der Waals surface area contributed by atoms with Gasteiger partial charge in [-0.25, -0.2) is 4.57 Å². The van der Waals surface area contributed by atoms with Gasteiger partial charge in [0.15, 0.2) is 0 Å². The number of amides is 1. The molecular weight excluding hydrogens is 581 g/mol. The van der Waals surface area contributed by atoms with Gasteiger partial charge in [0.25, 0.3) is 0 Å². The predicted molar refractivity (Wildman–Crippen MR) is 178 cm³/mol. The van der Waals surface area contributed by atoms with Gasteiger partial charge in [-0.2, -0.15) is 0 Å². The Morgan fingerprint density at radius 2 is 1.25 bits per heavy atom. The minimum Gasteiger partial charge on any atom is -0.463 e. The SMILES string of the molecule is CC/C=C\C/C=C\C/C=C\C/C=C\C/C=C\CCCCCCCCCC(=O)OCC(O)COP(=O)(O)OCCNC(=O)CC. The fraction of sp³-hybridized carbons (Fsp3) is 0.647. The zero-order chi connectivity index (χ0) is 32.6. The maximum absolute atomic E-state index is 11.9. The van der Waals surface area contributed by atoms with Crippen molar-refractivity contribution >= 4 is 19.7 Å². The second-order valence-corrected chi connectivity index (χ2v) is 11.8. The van der Waals surface area contributed by atoms with Gasteiger partial charge >= 0.3 is 13.8 Å². The highest BCUT2D eigenvalue weighted by Crippen LogP contribution is 2.42. The van der Waals surface area contributed by atoms with Crippen LogP contribution >= 0.6 is 7.82 Å². The fourth-order valence-corrected chi connectivity index (χ4v) is 4.54. The number of hydrogen-bond acceptors (Lipinski definition) is 7. The molecule has 0 saturated heterocycles. The molecule has 252 valence electrons. The average Bonchev–Trinajstić information content (AvgIpc) is 3.01. The lowest BCUT2D eigenvalue weighted by Gasteiger charge is -2.15. The van der Waals surface area contributed by atoms with E-state index in [-0.39, 0.29) is 32.1 Å². The van der Waals surface area contributed by atoms with Gasteiger partial charge in [0.05, 0.1) is 13.2 Å². The van der Waals surface area contributed by atoms with E-state index in [1.54, 1.807) is 6.92 Å². The Bertz CT molecular complexity index is 913. The van der Waals surface area contributed by atoms with Gasteiger partial charge in [-0.15, -0.1) is 0 Å². The van der Waals surface area contributed by atoms with E-state index in [4.69, 9.17) is 13.8 Å². The molecule has 0 bridgehead atoms. The molecule has 44 heavy (non-hydrogen) atoms. The van der Waals surface area contributed by atoms with Crippen LogP contribution < -0.4 is 5.32 Å². The highest BCUT2D eigenvalue weighted by molar-refractivity contribution is 7.47. The normalized spacial score (nSPS) is 14.4. The van der Waals surface area contributed by atoms with Crippen LogP contribution in [0.2, 0.25) is 0 Å². The summed E-state index contributed by atoms with van der Waals surface area (Å²) in [6, 6.07) is 0. The minimum atomic E-state index is -4.38. The van der Waals surface area contributed by atoms with Crippen molar-refractivity contribution in [3.63, 3.8) is 0 Å². The highest BCUT2D eigenvalue weighted by Gasteiger charge is 2.23. The van der Waals surface area contributed by atoms with Gasteiger partial charge in [0, 0.05) is 19.4 Å². The molecule has 0 spiro atoms. The van der Waals surface area contributed by atoms with E-state index < -0.39 is 26.5 Å². The Balaban J connectivity index is 3.59. The molecule has 9 nitrogen and oxygen atoms in total. The van der Waals surface area contributed by atoms with Gasteiger partial charge in [-0.1, -0.05) is 107 Å².